The molecule has 1 N–H and O–H groups in total. The Bertz CT molecular complexity index is 1420. The first-order valence-electron chi connectivity index (χ1n) is 12.8. The smallest absolute Gasteiger partial charge is 0.254 e. The van der Waals surface area contributed by atoms with Crippen molar-refractivity contribution in [1.29, 1.82) is 0 Å². The van der Waals surface area contributed by atoms with Gasteiger partial charge >= 0.3 is 0 Å². The number of ether oxygens (including phenoxy) is 3. The third kappa shape index (κ3) is 5.00. The van der Waals surface area contributed by atoms with Gasteiger partial charge in [-0.15, -0.1) is 0 Å². The summed E-state index contributed by atoms with van der Waals surface area (Å²) in [5.74, 6) is 2.37. The lowest BCUT2D eigenvalue weighted by Gasteiger charge is -2.20. The summed E-state index contributed by atoms with van der Waals surface area (Å²) >= 11 is 0. The Morgan fingerprint density at radius 1 is 1.03 bits per heavy atom. The highest BCUT2D eigenvalue weighted by atomic mass is 16.7. The fourth-order valence-corrected chi connectivity index (χ4v) is 5.09. The summed E-state index contributed by atoms with van der Waals surface area (Å²) in [7, 11) is 2.14. The van der Waals surface area contributed by atoms with Crippen molar-refractivity contribution in [2.24, 2.45) is 0 Å². The van der Waals surface area contributed by atoms with Gasteiger partial charge in [0.05, 0.1) is 0 Å². The first-order chi connectivity index (χ1) is 18.1. The lowest BCUT2D eigenvalue weighted by molar-refractivity contribution is 0.0771. The maximum Gasteiger partial charge on any atom is 0.254 e. The maximum absolute atomic E-state index is 12.8. The molecule has 0 unspecified atom stereocenters. The number of nitrogens with one attached hydrogen (secondary N) is 1. The zero-order valence-corrected chi connectivity index (χ0v) is 21.0. The van der Waals surface area contributed by atoms with Gasteiger partial charge in [-0.05, 0) is 73.5 Å². The topological polar surface area (TPSA) is 67.0 Å². The van der Waals surface area contributed by atoms with Crippen LogP contribution < -0.4 is 14.2 Å². The number of nitrogens with zero attached hydrogens (tertiary/aromatic N) is 2. The van der Waals surface area contributed by atoms with Gasteiger partial charge in [0, 0.05) is 42.3 Å². The highest BCUT2D eigenvalue weighted by molar-refractivity contribution is 5.99. The monoisotopic (exact) mass is 497 g/mol. The van der Waals surface area contributed by atoms with E-state index in [9.17, 15) is 4.79 Å². The van der Waals surface area contributed by atoms with Crippen molar-refractivity contribution in [3.8, 4) is 17.2 Å². The first kappa shape index (κ1) is 23.4. The number of carbonyl (C=O) groups excluding carboxylic acids is 1. The van der Waals surface area contributed by atoms with Crippen LogP contribution in [0.3, 0.4) is 0 Å². The molecule has 3 heterocycles. The second-order valence-electron chi connectivity index (χ2n) is 9.79. The number of hydrogen-bond acceptors (Lipinski definition) is 5. The van der Waals surface area contributed by atoms with Gasteiger partial charge in [-0.25, -0.2) is 0 Å². The highest BCUT2D eigenvalue weighted by Gasteiger charge is 2.30. The zero-order valence-electron chi connectivity index (χ0n) is 21.0. The van der Waals surface area contributed by atoms with E-state index in [0.717, 1.165) is 66.2 Å². The van der Waals surface area contributed by atoms with Crippen molar-refractivity contribution in [2.45, 2.75) is 26.0 Å². The minimum atomic E-state index is 0.0834. The molecule has 3 aromatic carbocycles. The van der Waals surface area contributed by atoms with E-state index in [0.29, 0.717) is 18.9 Å². The molecule has 1 amide bonds. The molecule has 0 spiro atoms. The maximum atomic E-state index is 12.8. The number of aromatic amines is 1. The van der Waals surface area contributed by atoms with Gasteiger partial charge in [0.25, 0.3) is 5.91 Å². The fourth-order valence-electron chi connectivity index (χ4n) is 5.09. The van der Waals surface area contributed by atoms with Gasteiger partial charge < -0.3 is 29.0 Å². The molecule has 0 saturated carbocycles. The van der Waals surface area contributed by atoms with E-state index >= 15 is 0 Å². The van der Waals surface area contributed by atoms with Crippen LogP contribution in [-0.4, -0.2) is 54.2 Å². The van der Waals surface area contributed by atoms with Crippen molar-refractivity contribution in [3.05, 3.63) is 89.1 Å². The molecule has 0 fully saturated rings. The molecule has 1 aromatic heterocycles. The third-order valence-corrected chi connectivity index (χ3v) is 7.20. The number of amides is 1. The summed E-state index contributed by atoms with van der Waals surface area (Å²) in [6.07, 6.45) is 3.97. The lowest BCUT2D eigenvalue weighted by Crippen LogP contribution is -2.29. The first-order valence-corrected chi connectivity index (χ1v) is 12.8. The molecule has 37 heavy (non-hydrogen) atoms. The number of benzene rings is 3. The molecule has 0 saturated heterocycles. The number of rotatable bonds is 10. The quantitative estimate of drug-likeness (QED) is 0.334. The van der Waals surface area contributed by atoms with Crippen LogP contribution in [-0.2, 0) is 19.6 Å². The van der Waals surface area contributed by atoms with Crippen LogP contribution in [0.4, 0.5) is 0 Å². The zero-order chi connectivity index (χ0) is 25.2. The van der Waals surface area contributed by atoms with Crippen molar-refractivity contribution >= 4 is 16.8 Å². The van der Waals surface area contributed by atoms with Crippen LogP contribution in [0.5, 0.6) is 17.2 Å². The van der Waals surface area contributed by atoms with Crippen molar-refractivity contribution < 1.29 is 19.0 Å². The van der Waals surface area contributed by atoms with Gasteiger partial charge in [-0.3, -0.25) is 4.79 Å². The number of H-pyrrole nitrogens is 1. The van der Waals surface area contributed by atoms with Gasteiger partial charge in [0.1, 0.15) is 12.4 Å². The van der Waals surface area contributed by atoms with Crippen LogP contribution in [0.1, 0.15) is 33.5 Å². The van der Waals surface area contributed by atoms with Crippen molar-refractivity contribution in [3.63, 3.8) is 0 Å². The second-order valence-corrected chi connectivity index (χ2v) is 9.79. The van der Waals surface area contributed by atoms with Gasteiger partial charge in [-0.1, -0.05) is 30.3 Å². The SMILES string of the molecule is CN(CCCN1Cc2cc3c(cc2C1=O)OCO3)CCc1c[nH]c2ccc(OCc3ccccc3)cc12. The van der Waals surface area contributed by atoms with E-state index in [1.807, 2.05) is 41.3 Å². The van der Waals surface area contributed by atoms with Gasteiger partial charge in [-0.2, -0.15) is 0 Å². The Morgan fingerprint density at radius 3 is 2.73 bits per heavy atom. The normalized spacial score (nSPS) is 14.1. The average Bonchev–Trinajstić information content (AvgIpc) is 3.63. The van der Waals surface area contributed by atoms with Gasteiger partial charge in [0.2, 0.25) is 6.79 Å². The Hall–Kier alpha value is -3.97. The summed E-state index contributed by atoms with van der Waals surface area (Å²) in [6.45, 7) is 4.03. The lowest BCUT2D eigenvalue weighted by atomic mass is 10.1. The summed E-state index contributed by atoms with van der Waals surface area (Å²) in [4.78, 5) is 20.5. The second kappa shape index (κ2) is 10.2. The summed E-state index contributed by atoms with van der Waals surface area (Å²) in [5, 5.41) is 1.21. The van der Waals surface area contributed by atoms with Crippen LogP contribution in [0.15, 0.2) is 66.9 Å². The molecule has 0 bridgehead atoms. The van der Waals surface area contributed by atoms with E-state index in [2.05, 4.69) is 47.4 Å². The molecule has 4 aromatic rings. The van der Waals surface area contributed by atoms with Crippen LogP contribution in [0.2, 0.25) is 0 Å². The minimum absolute atomic E-state index is 0.0834. The fraction of sp³-hybridized carbons (Fsp3) is 0.300. The minimum Gasteiger partial charge on any atom is -0.489 e. The molecule has 2 aliphatic heterocycles. The Balaban J connectivity index is 0.990. The van der Waals surface area contributed by atoms with Gasteiger partial charge in [0.15, 0.2) is 11.5 Å². The molecule has 7 nitrogen and oxygen atoms in total. The molecule has 0 atom stereocenters. The van der Waals surface area contributed by atoms with Crippen LogP contribution in [0, 0.1) is 0 Å². The van der Waals surface area contributed by atoms with Crippen molar-refractivity contribution in [1.82, 2.24) is 14.8 Å². The van der Waals surface area contributed by atoms with Crippen molar-refractivity contribution in [2.75, 3.05) is 33.5 Å². The molecular formula is C30H31N3O4. The van der Waals surface area contributed by atoms with Crippen LogP contribution in [0.25, 0.3) is 10.9 Å². The molecule has 7 heteroatoms. The Morgan fingerprint density at radius 2 is 1.86 bits per heavy atom. The summed E-state index contributed by atoms with van der Waals surface area (Å²) < 4.78 is 16.9. The van der Waals surface area contributed by atoms with E-state index in [4.69, 9.17) is 14.2 Å². The predicted molar refractivity (Wildman–Crippen MR) is 142 cm³/mol. The number of fused-ring (bicyclic) bond motifs is 3. The van der Waals surface area contributed by atoms with E-state index in [-0.39, 0.29) is 12.7 Å². The average molecular weight is 498 g/mol. The predicted octanol–water partition coefficient (Wildman–Crippen LogP) is 5.00. The Labute approximate surface area is 216 Å². The highest BCUT2D eigenvalue weighted by Crippen LogP contribution is 2.38. The van der Waals surface area contributed by atoms with E-state index in [1.165, 1.54) is 10.9 Å². The molecule has 0 radical (unpaired) electrons. The van der Waals surface area contributed by atoms with Crippen LogP contribution >= 0.6 is 0 Å². The summed E-state index contributed by atoms with van der Waals surface area (Å²) in [6, 6.07) is 20.2. The number of carbonyl (C=O) groups is 1. The molecule has 6 rings (SSSR count). The van der Waals surface area contributed by atoms with E-state index in [1.54, 1.807) is 0 Å². The largest absolute Gasteiger partial charge is 0.489 e. The Kier molecular flexibility index (Phi) is 6.45. The summed E-state index contributed by atoms with van der Waals surface area (Å²) in [5.41, 5.74) is 5.33. The number of likely N-dealkylation sites (N-methyl/N-ethyl adjacent to an activating group) is 1. The standard InChI is InChI=1S/C30H31N3O4/c1-32(11-5-12-33-18-23-14-28-29(37-20-36-28)16-26(23)30(33)34)13-10-22-17-31-27-9-8-24(15-25(22)27)35-19-21-6-3-2-4-7-21/h2-4,6-9,14-17,31H,5,10-13,18-20H2,1H3. The molecule has 0 aliphatic carbocycles. The molecule has 2 aliphatic rings. The number of aromatic nitrogens is 1. The number of hydrogen-bond donors (Lipinski definition) is 1. The molecular weight excluding hydrogens is 466 g/mol. The van der Waals surface area contributed by atoms with E-state index < -0.39 is 0 Å². The third-order valence-electron chi connectivity index (χ3n) is 7.20. The molecule has 190 valence electrons.